The van der Waals surface area contributed by atoms with Crippen molar-refractivity contribution in [1.29, 1.82) is 0 Å². The number of hydrogen-bond acceptors (Lipinski definition) is 3. The monoisotopic (exact) mass is 371 g/mol. The lowest BCUT2D eigenvalue weighted by atomic mass is 9.92. The zero-order valence-electron chi connectivity index (χ0n) is 16.5. The Labute approximate surface area is 163 Å². The lowest BCUT2D eigenvalue weighted by Crippen LogP contribution is -2.49. The van der Waals surface area contributed by atoms with Crippen molar-refractivity contribution < 1.29 is 9.59 Å². The summed E-state index contributed by atoms with van der Waals surface area (Å²) in [7, 11) is 0. The van der Waals surface area contributed by atoms with Gasteiger partial charge >= 0.3 is 0 Å². The van der Waals surface area contributed by atoms with E-state index in [9.17, 15) is 9.59 Å². The number of benzene rings is 1. The molecule has 1 unspecified atom stereocenters. The van der Waals surface area contributed by atoms with Crippen LogP contribution in [0.1, 0.15) is 38.2 Å². The Morgan fingerprint density at radius 1 is 1.04 bits per heavy atom. The third-order valence-corrected chi connectivity index (χ3v) is 5.93. The van der Waals surface area contributed by atoms with Gasteiger partial charge in [-0.1, -0.05) is 37.3 Å². The highest BCUT2D eigenvalue weighted by atomic mass is 16.2. The van der Waals surface area contributed by atoms with Gasteiger partial charge in [-0.25, -0.2) is 0 Å². The number of nitrogens with zero attached hydrogens (tertiary/aromatic N) is 2. The summed E-state index contributed by atoms with van der Waals surface area (Å²) in [5.74, 6) is 1.06. The number of piperidine rings is 2. The van der Waals surface area contributed by atoms with Crippen LogP contribution in [-0.2, 0) is 16.0 Å². The highest BCUT2D eigenvalue weighted by molar-refractivity contribution is 5.82. The molecular formula is C22H33N3O2. The molecule has 2 aliphatic rings. The zero-order valence-corrected chi connectivity index (χ0v) is 16.5. The average Bonchev–Trinajstić information content (AvgIpc) is 2.73. The normalized spacial score (nSPS) is 21.3. The Hall–Kier alpha value is -1.88. The summed E-state index contributed by atoms with van der Waals surface area (Å²) in [6.07, 6.45) is 4.43. The van der Waals surface area contributed by atoms with Gasteiger partial charge in [-0.2, -0.15) is 0 Å². The molecule has 2 aliphatic heterocycles. The molecule has 1 atom stereocenters. The van der Waals surface area contributed by atoms with Crippen LogP contribution in [0.4, 0.5) is 0 Å². The van der Waals surface area contributed by atoms with E-state index >= 15 is 0 Å². The van der Waals surface area contributed by atoms with Crippen molar-refractivity contribution >= 4 is 11.8 Å². The number of nitrogens with one attached hydrogen (secondary N) is 1. The van der Waals surface area contributed by atoms with Gasteiger partial charge < -0.3 is 15.1 Å². The topological polar surface area (TPSA) is 52.7 Å². The van der Waals surface area contributed by atoms with E-state index < -0.39 is 0 Å². The van der Waals surface area contributed by atoms with Crippen molar-refractivity contribution in [3.63, 3.8) is 0 Å². The average molecular weight is 372 g/mol. The first-order chi connectivity index (χ1) is 13.2. The molecule has 2 amide bonds. The molecule has 1 aromatic rings. The van der Waals surface area contributed by atoms with Gasteiger partial charge in [-0.15, -0.1) is 0 Å². The molecule has 0 radical (unpaired) electrons. The minimum Gasteiger partial charge on any atom is -0.342 e. The summed E-state index contributed by atoms with van der Waals surface area (Å²) >= 11 is 0. The maximum Gasteiger partial charge on any atom is 0.227 e. The van der Waals surface area contributed by atoms with Crippen molar-refractivity contribution in [2.24, 2.45) is 11.8 Å². The largest absolute Gasteiger partial charge is 0.342 e. The second-order valence-electron chi connectivity index (χ2n) is 7.92. The van der Waals surface area contributed by atoms with Crippen LogP contribution < -0.4 is 5.32 Å². The van der Waals surface area contributed by atoms with Gasteiger partial charge in [0.05, 0.1) is 12.3 Å². The quantitative estimate of drug-likeness (QED) is 0.835. The standard InChI is InChI=1S/C22H33N3O2/c1-2-23-16-19-10-13-24(14-11-19)22(27)20-9-6-12-25(17-20)21(26)15-18-7-4-3-5-8-18/h3-5,7-8,19-20,23H,2,6,9-17H2,1H3. The molecule has 148 valence electrons. The Morgan fingerprint density at radius 2 is 1.78 bits per heavy atom. The smallest absolute Gasteiger partial charge is 0.227 e. The van der Waals surface area contributed by atoms with Gasteiger partial charge in [-0.3, -0.25) is 9.59 Å². The third-order valence-electron chi connectivity index (χ3n) is 5.93. The molecule has 0 spiro atoms. The van der Waals surface area contributed by atoms with Crippen molar-refractivity contribution in [2.75, 3.05) is 39.3 Å². The molecule has 2 heterocycles. The molecule has 0 bridgehead atoms. The lowest BCUT2D eigenvalue weighted by Gasteiger charge is -2.38. The second kappa shape index (κ2) is 9.88. The molecule has 1 N–H and O–H groups in total. The predicted molar refractivity (Wildman–Crippen MR) is 107 cm³/mol. The molecule has 2 fully saturated rings. The summed E-state index contributed by atoms with van der Waals surface area (Å²) in [6, 6.07) is 9.87. The van der Waals surface area contributed by atoms with Crippen LogP contribution in [0.15, 0.2) is 30.3 Å². The molecular weight excluding hydrogens is 338 g/mol. The molecule has 0 saturated carbocycles. The summed E-state index contributed by atoms with van der Waals surface area (Å²) in [6.45, 7) is 7.29. The second-order valence-corrected chi connectivity index (χ2v) is 7.92. The first kappa shape index (κ1) is 19.9. The van der Waals surface area contributed by atoms with E-state index in [4.69, 9.17) is 0 Å². The van der Waals surface area contributed by atoms with Crippen LogP contribution in [0.25, 0.3) is 0 Å². The van der Waals surface area contributed by atoms with Crippen LogP contribution in [-0.4, -0.2) is 60.9 Å². The summed E-state index contributed by atoms with van der Waals surface area (Å²) in [4.78, 5) is 29.6. The molecule has 0 aromatic heterocycles. The fourth-order valence-corrected chi connectivity index (χ4v) is 4.25. The van der Waals surface area contributed by atoms with E-state index in [0.29, 0.717) is 18.9 Å². The van der Waals surface area contributed by atoms with E-state index in [1.54, 1.807) is 0 Å². The lowest BCUT2D eigenvalue weighted by molar-refractivity contribution is -0.141. The molecule has 5 nitrogen and oxygen atoms in total. The first-order valence-corrected chi connectivity index (χ1v) is 10.5. The van der Waals surface area contributed by atoms with Gasteiger partial charge in [0.15, 0.2) is 0 Å². The highest BCUT2D eigenvalue weighted by Gasteiger charge is 2.32. The SMILES string of the molecule is CCNCC1CCN(C(=O)C2CCCN(C(=O)Cc3ccccc3)C2)CC1. The molecule has 27 heavy (non-hydrogen) atoms. The molecule has 5 heteroatoms. The van der Waals surface area contributed by atoms with E-state index in [0.717, 1.165) is 64.0 Å². The Kier molecular flexibility index (Phi) is 7.27. The van der Waals surface area contributed by atoms with Gasteiger partial charge in [0.2, 0.25) is 11.8 Å². The number of likely N-dealkylation sites (tertiary alicyclic amines) is 2. The van der Waals surface area contributed by atoms with Crippen LogP contribution in [0, 0.1) is 11.8 Å². The Balaban J connectivity index is 1.49. The van der Waals surface area contributed by atoms with E-state index in [1.165, 1.54) is 0 Å². The van der Waals surface area contributed by atoms with Crippen LogP contribution in [0.3, 0.4) is 0 Å². The van der Waals surface area contributed by atoms with Gasteiger partial charge in [0.1, 0.15) is 0 Å². The predicted octanol–water partition coefficient (Wildman–Crippen LogP) is 2.32. The van der Waals surface area contributed by atoms with Crippen LogP contribution >= 0.6 is 0 Å². The van der Waals surface area contributed by atoms with Crippen molar-refractivity contribution in [3.05, 3.63) is 35.9 Å². The minimum absolute atomic E-state index is 0.0243. The molecule has 3 rings (SSSR count). The molecule has 2 saturated heterocycles. The number of carbonyl (C=O) groups is 2. The van der Waals surface area contributed by atoms with Crippen molar-refractivity contribution in [2.45, 2.75) is 39.0 Å². The maximum atomic E-state index is 13.0. The maximum absolute atomic E-state index is 13.0. The van der Waals surface area contributed by atoms with Gasteiger partial charge in [-0.05, 0) is 50.3 Å². The highest BCUT2D eigenvalue weighted by Crippen LogP contribution is 2.23. The first-order valence-electron chi connectivity index (χ1n) is 10.5. The van der Waals surface area contributed by atoms with E-state index in [1.807, 2.05) is 40.1 Å². The number of rotatable bonds is 6. The zero-order chi connectivity index (χ0) is 19.1. The fraction of sp³-hybridized carbons (Fsp3) is 0.636. The van der Waals surface area contributed by atoms with E-state index in [2.05, 4.69) is 12.2 Å². The summed E-state index contributed by atoms with van der Waals surface area (Å²) < 4.78 is 0. The minimum atomic E-state index is -0.0243. The van der Waals surface area contributed by atoms with Gasteiger partial charge in [0.25, 0.3) is 0 Å². The van der Waals surface area contributed by atoms with Gasteiger partial charge in [0, 0.05) is 26.2 Å². The fourth-order valence-electron chi connectivity index (χ4n) is 4.25. The third kappa shape index (κ3) is 5.55. The van der Waals surface area contributed by atoms with Crippen molar-refractivity contribution in [1.82, 2.24) is 15.1 Å². The number of carbonyl (C=O) groups excluding carboxylic acids is 2. The molecule has 0 aliphatic carbocycles. The number of amides is 2. The Morgan fingerprint density at radius 3 is 2.48 bits per heavy atom. The summed E-state index contributed by atoms with van der Waals surface area (Å²) in [5, 5.41) is 3.42. The Bertz CT molecular complexity index is 611. The van der Waals surface area contributed by atoms with Crippen LogP contribution in [0.2, 0.25) is 0 Å². The van der Waals surface area contributed by atoms with Crippen LogP contribution in [0.5, 0.6) is 0 Å². The van der Waals surface area contributed by atoms with E-state index in [-0.39, 0.29) is 17.7 Å². The van der Waals surface area contributed by atoms with Crippen molar-refractivity contribution in [3.8, 4) is 0 Å². The summed E-state index contributed by atoms with van der Waals surface area (Å²) in [5.41, 5.74) is 1.04. The number of hydrogen-bond donors (Lipinski definition) is 1. The molecule has 1 aromatic carbocycles.